The Kier molecular flexibility index (Phi) is 3.44. The van der Waals surface area contributed by atoms with Crippen LogP contribution in [0.5, 0.6) is 0 Å². The first-order chi connectivity index (χ1) is 10.1. The van der Waals surface area contributed by atoms with Crippen molar-refractivity contribution in [3.8, 4) is 11.3 Å². The quantitative estimate of drug-likeness (QED) is 0.796. The molecule has 4 heteroatoms. The first kappa shape index (κ1) is 13.4. The molecule has 0 radical (unpaired) electrons. The normalized spacial score (nSPS) is 10.8. The third kappa shape index (κ3) is 2.65. The Balaban J connectivity index is 1.98. The summed E-state index contributed by atoms with van der Waals surface area (Å²) >= 11 is 0. The third-order valence-electron chi connectivity index (χ3n) is 3.50. The molecule has 0 saturated heterocycles. The largest absolute Gasteiger partial charge is 0.383 e. The third-order valence-corrected chi connectivity index (χ3v) is 3.50. The van der Waals surface area contributed by atoms with Crippen molar-refractivity contribution in [2.45, 2.75) is 13.5 Å². The minimum Gasteiger partial charge on any atom is -0.383 e. The number of hydrogen-bond donors (Lipinski definition) is 1. The molecule has 0 bridgehead atoms. The van der Waals surface area contributed by atoms with Crippen LogP contribution in [0.2, 0.25) is 0 Å². The Bertz CT molecular complexity index is 746. The zero-order valence-electron chi connectivity index (χ0n) is 11.8. The smallest absolute Gasteiger partial charge is 0.132 e. The van der Waals surface area contributed by atoms with Crippen LogP contribution in [0.3, 0.4) is 0 Å². The molecular weight excluding hydrogens is 265 g/mol. The van der Waals surface area contributed by atoms with E-state index in [0.29, 0.717) is 18.1 Å². The van der Waals surface area contributed by atoms with E-state index in [9.17, 15) is 4.39 Å². The number of nitrogen functional groups attached to an aromatic ring is 1. The Morgan fingerprint density at radius 1 is 1.05 bits per heavy atom. The molecule has 0 amide bonds. The van der Waals surface area contributed by atoms with E-state index in [-0.39, 0.29) is 5.82 Å². The van der Waals surface area contributed by atoms with Crippen LogP contribution in [0, 0.1) is 12.7 Å². The SMILES string of the molecule is Cc1nc(-c2ccc(F)cc2)c(N)n1Cc1ccccc1. The van der Waals surface area contributed by atoms with E-state index in [2.05, 4.69) is 17.1 Å². The predicted molar refractivity (Wildman–Crippen MR) is 82.3 cm³/mol. The Morgan fingerprint density at radius 2 is 1.71 bits per heavy atom. The molecule has 0 fully saturated rings. The number of imidazole rings is 1. The van der Waals surface area contributed by atoms with Crippen molar-refractivity contribution in [1.29, 1.82) is 0 Å². The lowest BCUT2D eigenvalue weighted by molar-refractivity contribution is 0.628. The summed E-state index contributed by atoms with van der Waals surface area (Å²) in [6.45, 7) is 2.60. The second-order valence-electron chi connectivity index (χ2n) is 4.97. The van der Waals surface area contributed by atoms with Crippen molar-refractivity contribution in [3.63, 3.8) is 0 Å². The average molecular weight is 281 g/mol. The van der Waals surface area contributed by atoms with Crippen molar-refractivity contribution in [2.75, 3.05) is 5.73 Å². The zero-order chi connectivity index (χ0) is 14.8. The molecule has 0 saturated carbocycles. The van der Waals surface area contributed by atoms with Crippen molar-refractivity contribution in [1.82, 2.24) is 9.55 Å². The topological polar surface area (TPSA) is 43.8 Å². The van der Waals surface area contributed by atoms with Crippen LogP contribution in [-0.4, -0.2) is 9.55 Å². The molecule has 3 rings (SSSR count). The number of aromatic nitrogens is 2. The number of nitrogens with zero attached hydrogens (tertiary/aromatic N) is 2. The maximum absolute atomic E-state index is 13.0. The second-order valence-corrected chi connectivity index (χ2v) is 4.97. The summed E-state index contributed by atoms with van der Waals surface area (Å²) < 4.78 is 15.0. The number of aryl methyl sites for hydroxylation is 1. The van der Waals surface area contributed by atoms with Gasteiger partial charge in [0.2, 0.25) is 0 Å². The highest BCUT2D eigenvalue weighted by Crippen LogP contribution is 2.27. The van der Waals surface area contributed by atoms with E-state index in [1.807, 2.05) is 29.7 Å². The summed E-state index contributed by atoms with van der Waals surface area (Å²) in [6.07, 6.45) is 0. The first-order valence-corrected chi connectivity index (χ1v) is 6.77. The average Bonchev–Trinajstić information content (AvgIpc) is 2.77. The summed E-state index contributed by atoms with van der Waals surface area (Å²) in [5.41, 5.74) is 8.91. The molecule has 21 heavy (non-hydrogen) atoms. The number of anilines is 1. The first-order valence-electron chi connectivity index (χ1n) is 6.77. The van der Waals surface area contributed by atoms with E-state index in [1.165, 1.54) is 12.1 Å². The van der Waals surface area contributed by atoms with Gasteiger partial charge in [0.25, 0.3) is 0 Å². The van der Waals surface area contributed by atoms with Crippen LogP contribution in [0.4, 0.5) is 10.2 Å². The number of halogens is 1. The van der Waals surface area contributed by atoms with E-state index in [4.69, 9.17) is 5.73 Å². The molecule has 0 aliphatic heterocycles. The lowest BCUT2D eigenvalue weighted by Crippen LogP contribution is -2.06. The maximum atomic E-state index is 13.0. The lowest BCUT2D eigenvalue weighted by Gasteiger charge is -2.08. The van der Waals surface area contributed by atoms with Crippen LogP contribution >= 0.6 is 0 Å². The fraction of sp³-hybridized carbons (Fsp3) is 0.118. The fourth-order valence-electron chi connectivity index (χ4n) is 2.37. The van der Waals surface area contributed by atoms with Gasteiger partial charge in [-0.1, -0.05) is 30.3 Å². The summed E-state index contributed by atoms with van der Waals surface area (Å²) in [7, 11) is 0. The molecule has 0 unspecified atom stereocenters. The highest BCUT2D eigenvalue weighted by molar-refractivity contribution is 5.71. The Labute approximate surface area is 122 Å². The van der Waals surface area contributed by atoms with Crippen LogP contribution in [0.1, 0.15) is 11.4 Å². The van der Waals surface area contributed by atoms with E-state index < -0.39 is 0 Å². The van der Waals surface area contributed by atoms with Crippen molar-refractivity contribution < 1.29 is 4.39 Å². The predicted octanol–water partition coefficient (Wildman–Crippen LogP) is 3.63. The van der Waals surface area contributed by atoms with Crippen LogP contribution in [0.15, 0.2) is 54.6 Å². The van der Waals surface area contributed by atoms with Crippen molar-refractivity contribution in [3.05, 3.63) is 71.8 Å². The molecule has 0 aliphatic rings. The zero-order valence-corrected chi connectivity index (χ0v) is 11.8. The molecule has 1 heterocycles. The van der Waals surface area contributed by atoms with Gasteiger partial charge in [-0.15, -0.1) is 0 Å². The van der Waals surface area contributed by atoms with Gasteiger partial charge >= 0.3 is 0 Å². The van der Waals surface area contributed by atoms with Gasteiger partial charge < -0.3 is 10.3 Å². The monoisotopic (exact) mass is 281 g/mol. The van der Waals surface area contributed by atoms with Crippen molar-refractivity contribution in [2.24, 2.45) is 0 Å². The number of rotatable bonds is 3. The van der Waals surface area contributed by atoms with Gasteiger partial charge in [-0.2, -0.15) is 0 Å². The van der Waals surface area contributed by atoms with Crippen LogP contribution < -0.4 is 5.73 Å². The van der Waals surface area contributed by atoms with Crippen LogP contribution in [-0.2, 0) is 6.54 Å². The second kappa shape index (κ2) is 5.40. The van der Waals surface area contributed by atoms with Gasteiger partial charge in [-0.25, -0.2) is 9.37 Å². The number of benzene rings is 2. The summed E-state index contributed by atoms with van der Waals surface area (Å²) in [6, 6.07) is 16.3. The van der Waals surface area contributed by atoms with E-state index in [0.717, 1.165) is 17.0 Å². The standard InChI is InChI=1S/C17H16FN3/c1-12-20-16(14-7-9-15(18)10-8-14)17(19)21(12)11-13-5-3-2-4-6-13/h2-10H,11,19H2,1H3. The number of nitrogens with two attached hydrogens (primary N) is 1. The van der Waals surface area contributed by atoms with Crippen LogP contribution in [0.25, 0.3) is 11.3 Å². The summed E-state index contributed by atoms with van der Waals surface area (Å²) in [4.78, 5) is 4.52. The molecule has 3 aromatic rings. The van der Waals surface area contributed by atoms with E-state index in [1.54, 1.807) is 12.1 Å². The summed E-state index contributed by atoms with van der Waals surface area (Å²) in [5, 5.41) is 0. The van der Waals surface area contributed by atoms with Gasteiger partial charge in [-0.3, -0.25) is 0 Å². The van der Waals surface area contributed by atoms with Gasteiger partial charge in [0, 0.05) is 5.56 Å². The molecule has 2 aromatic carbocycles. The highest BCUT2D eigenvalue weighted by Gasteiger charge is 2.13. The molecule has 1 aromatic heterocycles. The van der Waals surface area contributed by atoms with Gasteiger partial charge in [0.1, 0.15) is 23.2 Å². The van der Waals surface area contributed by atoms with E-state index >= 15 is 0 Å². The molecule has 3 nitrogen and oxygen atoms in total. The molecule has 0 aliphatic carbocycles. The maximum Gasteiger partial charge on any atom is 0.132 e. The van der Waals surface area contributed by atoms with Gasteiger partial charge in [-0.05, 0) is 36.8 Å². The van der Waals surface area contributed by atoms with Gasteiger partial charge in [0.05, 0.1) is 6.54 Å². The molecule has 106 valence electrons. The van der Waals surface area contributed by atoms with Crippen molar-refractivity contribution >= 4 is 5.82 Å². The fourth-order valence-corrected chi connectivity index (χ4v) is 2.37. The minimum absolute atomic E-state index is 0.266. The molecule has 0 spiro atoms. The Morgan fingerprint density at radius 3 is 2.38 bits per heavy atom. The highest BCUT2D eigenvalue weighted by atomic mass is 19.1. The molecule has 0 atom stereocenters. The molecular formula is C17H16FN3. The minimum atomic E-state index is -0.266. The van der Waals surface area contributed by atoms with Gasteiger partial charge in [0.15, 0.2) is 0 Å². The molecule has 2 N–H and O–H groups in total. The summed E-state index contributed by atoms with van der Waals surface area (Å²) in [5.74, 6) is 1.18. The Hall–Kier alpha value is -2.62. The number of hydrogen-bond acceptors (Lipinski definition) is 2. The lowest BCUT2D eigenvalue weighted by atomic mass is 10.1.